The lowest BCUT2D eigenvalue weighted by Crippen LogP contribution is -2.26. The lowest BCUT2D eigenvalue weighted by atomic mass is 10.2. The van der Waals surface area contributed by atoms with Gasteiger partial charge in [0, 0.05) is 34.1 Å². The van der Waals surface area contributed by atoms with Gasteiger partial charge >= 0.3 is 11.9 Å². The van der Waals surface area contributed by atoms with Gasteiger partial charge in [-0.05, 0) is 23.8 Å². The Hall–Kier alpha value is -2.99. The van der Waals surface area contributed by atoms with E-state index in [1.807, 2.05) is 12.1 Å². The lowest BCUT2D eigenvalue weighted by molar-refractivity contribution is -0.154. The van der Waals surface area contributed by atoms with E-state index in [0.717, 1.165) is 14.4 Å². The van der Waals surface area contributed by atoms with Crippen molar-refractivity contribution in [1.29, 1.82) is 0 Å². The number of aromatic nitrogens is 4. The maximum atomic E-state index is 12.7. The second kappa shape index (κ2) is 9.22. The molecule has 3 heterocycles. The largest absolute Gasteiger partial charge is 0.468 e. The van der Waals surface area contributed by atoms with Crippen molar-refractivity contribution in [1.82, 2.24) is 19.3 Å². The third kappa shape index (κ3) is 5.54. The summed E-state index contributed by atoms with van der Waals surface area (Å²) in [6, 6.07) is 6.62. The molecular formula is C18H17F4N5O2S. The summed E-state index contributed by atoms with van der Waals surface area (Å²) in [5.74, 6) is -0.119. The molecule has 3 aromatic rings. The average Bonchev–Trinajstić information content (AvgIpc) is 3.32. The number of hydrogen-bond donors (Lipinski definition) is 1. The molecule has 0 saturated heterocycles. The zero-order valence-corrected chi connectivity index (χ0v) is 16.3. The predicted octanol–water partition coefficient (Wildman–Crippen LogP) is 2.97. The van der Waals surface area contributed by atoms with E-state index in [4.69, 9.17) is 5.73 Å². The molecule has 0 bridgehead atoms. The van der Waals surface area contributed by atoms with Crippen LogP contribution in [0.1, 0.15) is 4.88 Å². The first-order valence-electron chi connectivity index (χ1n) is 8.64. The van der Waals surface area contributed by atoms with Crippen LogP contribution in [0.4, 0.5) is 17.6 Å². The minimum absolute atomic E-state index is 0.0157. The Balaban J connectivity index is 1.67. The highest BCUT2D eigenvalue weighted by atomic mass is 32.1. The van der Waals surface area contributed by atoms with Crippen LogP contribution in [0, 0.1) is 0 Å². The van der Waals surface area contributed by atoms with Crippen LogP contribution >= 0.6 is 11.3 Å². The minimum atomic E-state index is -4.43. The number of hydrogen-bond acceptors (Lipinski definition) is 6. The van der Waals surface area contributed by atoms with Crippen molar-refractivity contribution in [2.45, 2.75) is 19.3 Å². The van der Waals surface area contributed by atoms with Crippen molar-refractivity contribution < 1.29 is 22.3 Å². The van der Waals surface area contributed by atoms with Gasteiger partial charge in [-0.3, -0.25) is 4.57 Å². The number of rotatable bonds is 8. The molecule has 0 saturated carbocycles. The molecule has 0 aliphatic rings. The molecule has 30 heavy (non-hydrogen) atoms. The third-order valence-corrected chi connectivity index (χ3v) is 5.08. The molecule has 3 aromatic heterocycles. The number of alkyl halides is 3. The van der Waals surface area contributed by atoms with Crippen molar-refractivity contribution in [3.8, 4) is 16.3 Å². The van der Waals surface area contributed by atoms with Crippen LogP contribution in [0.25, 0.3) is 10.4 Å². The van der Waals surface area contributed by atoms with E-state index in [1.165, 1.54) is 34.5 Å². The van der Waals surface area contributed by atoms with E-state index in [0.29, 0.717) is 11.9 Å². The van der Waals surface area contributed by atoms with Gasteiger partial charge in [0.1, 0.15) is 6.33 Å². The van der Waals surface area contributed by atoms with Crippen molar-refractivity contribution in [2.75, 3.05) is 13.2 Å². The molecule has 0 aliphatic carbocycles. The first-order valence-corrected chi connectivity index (χ1v) is 9.46. The average molecular weight is 443 g/mol. The topological polar surface area (TPSA) is 88.0 Å². The van der Waals surface area contributed by atoms with Crippen LogP contribution in [0.3, 0.4) is 0 Å². The third-order valence-electron chi connectivity index (χ3n) is 3.96. The molecular weight excluding hydrogens is 426 g/mol. The Labute approximate surface area is 172 Å². The molecule has 0 atom stereocenters. The van der Waals surface area contributed by atoms with Crippen LogP contribution in [0.2, 0.25) is 0 Å². The second-order valence-electron chi connectivity index (χ2n) is 6.23. The number of pyridine rings is 1. The van der Waals surface area contributed by atoms with E-state index < -0.39 is 18.5 Å². The highest BCUT2D eigenvalue weighted by Gasteiger charge is 2.28. The molecule has 160 valence electrons. The quantitative estimate of drug-likeness (QED) is 0.541. The summed E-state index contributed by atoms with van der Waals surface area (Å²) in [5, 5.41) is 3.96. The molecule has 0 aromatic carbocycles. The molecule has 12 heteroatoms. The Bertz CT molecular complexity index is 1070. The maximum absolute atomic E-state index is 12.7. The first-order chi connectivity index (χ1) is 14.3. The Morgan fingerprint density at radius 3 is 2.70 bits per heavy atom. The van der Waals surface area contributed by atoms with Gasteiger partial charge in [-0.2, -0.15) is 18.3 Å². The van der Waals surface area contributed by atoms with Gasteiger partial charge in [0.05, 0.1) is 19.4 Å². The van der Waals surface area contributed by atoms with Crippen LogP contribution in [-0.2, 0) is 13.1 Å². The second-order valence-corrected chi connectivity index (χ2v) is 7.39. The van der Waals surface area contributed by atoms with Gasteiger partial charge in [0.25, 0.3) is 0 Å². The summed E-state index contributed by atoms with van der Waals surface area (Å²) < 4.78 is 56.3. The van der Waals surface area contributed by atoms with Crippen LogP contribution in [-0.4, -0.2) is 38.7 Å². The molecule has 0 radical (unpaired) electrons. The van der Waals surface area contributed by atoms with E-state index >= 15 is 0 Å². The highest BCUT2D eigenvalue weighted by molar-refractivity contribution is 7.15. The summed E-state index contributed by atoms with van der Waals surface area (Å²) in [6.45, 7) is -1.18. The van der Waals surface area contributed by atoms with Crippen LogP contribution in [0.5, 0.6) is 5.88 Å². The fraction of sp³-hybridized carbons (Fsp3) is 0.278. The number of ether oxygens (including phenoxy) is 1. The molecule has 3 rings (SSSR count). The maximum Gasteiger partial charge on any atom is 0.422 e. The van der Waals surface area contributed by atoms with Crippen LogP contribution < -0.4 is 16.2 Å². The molecule has 2 N–H and O–H groups in total. The standard InChI is InChI=1S/C18H17F4N5O2S/c19-5-12(6-23)8-27-17(28)26(11-25-27)9-14-2-3-15(30-14)13-1-4-16(24-7-13)29-10-18(20,21)22/h1-5,7,11H,6,8-10,23H2/b12-5+. The highest BCUT2D eigenvalue weighted by Crippen LogP contribution is 2.29. The molecule has 7 nitrogen and oxygen atoms in total. The van der Waals surface area contributed by atoms with E-state index in [2.05, 4.69) is 14.8 Å². The first kappa shape index (κ1) is 21.7. The summed E-state index contributed by atoms with van der Waals surface area (Å²) in [7, 11) is 0. The van der Waals surface area contributed by atoms with E-state index in [9.17, 15) is 22.4 Å². The smallest absolute Gasteiger partial charge is 0.422 e. The number of nitrogens with zero attached hydrogens (tertiary/aromatic N) is 4. The number of thiophene rings is 1. The molecule has 0 aliphatic heterocycles. The molecule has 0 fully saturated rings. The summed E-state index contributed by atoms with van der Waals surface area (Å²) in [4.78, 5) is 17.9. The van der Waals surface area contributed by atoms with Gasteiger partial charge < -0.3 is 10.5 Å². The van der Waals surface area contributed by atoms with Crippen molar-refractivity contribution in [2.24, 2.45) is 5.73 Å². The summed E-state index contributed by atoms with van der Waals surface area (Å²) in [6.07, 6.45) is -1.28. The minimum Gasteiger partial charge on any atom is -0.468 e. The predicted molar refractivity (Wildman–Crippen MR) is 103 cm³/mol. The van der Waals surface area contributed by atoms with Crippen molar-refractivity contribution in [3.05, 3.63) is 64.1 Å². The van der Waals surface area contributed by atoms with Crippen molar-refractivity contribution >= 4 is 11.3 Å². The molecule has 0 spiro atoms. The van der Waals surface area contributed by atoms with Gasteiger partial charge in [-0.1, -0.05) is 0 Å². The van der Waals surface area contributed by atoms with Gasteiger partial charge in [0.2, 0.25) is 5.88 Å². The van der Waals surface area contributed by atoms with Crippen molar-refractivity contribution in [3.63, 3.8) is 0 Å². The fourth-order valence-corrected chi connectivity index (χ4v) is 3.47. The van der Waals surface area contributed by atoms with Gasteiger partial charge in [0.15, 0.2) is 6.61 Å². The lowest BCUT2D eigenvalue weighted by Gasteiger charge is -2.08. The zero-order valence-electron chi connectivity index (χ0n) is 15.5. The monoisotopic (exact) mass is 443 g/mol. The SMILES string of the molecule is NC/C(=C\F)Cn1ncn(Cc2ccc(-c3ccc(OCC(F)(F)F)nc3)s2)c1=O. The molecule has 0 amide bonds. The van der Waals surface area contributed by atoms with Gasteiger partial charge in [-0.15, -0.1) is 11.3 Å². The van der Waals surface area contributed by atoms with Crippen LogP contribution in [0.15, 0.2) is 53.5 Å². The zero-order chi connectivity index (χ0) is 21.7. The normalized spacial score (nSPS) is 12.4. The summed E-state index contributed by atoms with van der Waals surface area (Å²) >= 11 is 1.40. The molecule has 0 unspecified atom stereocenters. The summed E-state index contributed by atoms with van der Waals surface area (Å²) in [5.41, 5.74) is 5.95. The number of nitrogens with two attached hydrogens (primary N) is 1. The van der Waals surface area contributed by atoms with E-state index in [-0.39, 0.29) is 31.1 Å². The fourth-order valence-electron chi connectivity index (χ4n) is 2.48. The Kier molecular flexibility index (Phi) is 6.67. The number of halogens is 4. The Morgan fingerprint density at radius 1 is 1.27 bits per heavy atom. The Morgan fingerprint density at radius 2 is 2.07 bits per heavy atom. The van der Waals surface area contributed by atoms with Gasteiger partial charge in [-0.25, -0.2) is 18.9 Å². The van der Waals surface area contributed by atoms with E-state index in [1.54, 1.807) is 6.07 Å².